The molecule has 1 aromatic rings. The number of benzene rings is 1. The average molecular weight is 360 g/mol. The van der Waals surface area contributed by atoms with Gasteiger partial charge in [0, 0.05) is 22.2 Å². The fourth-order valence-electron chi connectivity index (χ4n) is 1.53. The number of hydrogen-bond acceptors (Lipinski definition) is 2. The lowest BCUT2D eigenvalue weighted by molar-refractivity contribution is -0.121. The smallest absolute Gasteiger partial charge is 0.254 e. The van der Waals surface area contributed by atoms with Crippen LogP contribution >= 0.6 is 22.6 Å². The Bertz CT molecular complexity index is 418. The maximum Gasteiger partial charge on any atom is 0.254 e. The van der Waals surface area contributed by atoms with Crippen LogP contribution in [-0.4, -0.2) is 36.3 Å². The van der Waals surface area contributed by atoms with Crippen LogP contribution in [0, 0.1) is 3.57 Å². The summed E-state index contributed by atoms with van der Waals surface area (Å²) in [6.07, 6.45) is 0. The van der Waals surface area contributed by atoms with Gasteiger partial charge in [0.15, 0.2) is 0 Å². The molecule has 0 aliphatic rings. The molecule has 1 aromatic carbocycles. The summed E-state index contributed by atoms with van der Waals surface area (Å²) in [6.45, 7) is 4.92. The second kappa shape index (κ2) is 7.35. The SMILES string of the molecule is CCNC(=O)CN(CC)C(=O)c1ccc(I)cc1. The number of amides is 2. The largest absolute Gasteiger partial charge is 0.355 e. The van der Waals surface area contributed by atoms with E-state index in [0.717, 1.165) is 3.57 Å². The molecule has 0 saturated carbocycles. The summed E-state index contributed by atoms with van der Waals surface area (Å²) in [5, 5.41) is 2.69. The van der Waals surface area contributed by atoms with Gasteiger partial charge in [-0.25, -0.2) is 0 Å². The minimum Gasteiger partial charge on any atom is -0.355 e. The Morgan fingerprint density at radius 1 is 1.22 bits per heavy atom. The Hall–Kier alpha value is -1.11. The van der Waals surface area contributed by atoms with Gasteiger partial charge < -0.3 is 10.2 Å². The highest BCUT2D eigenvalue weighted by atomic mass is 127. The van der Waals surface area contributed by atoms with Crippen LogP contribution in [0.15, 0.2) is 24.3 Å². The number of likely N-dealkylation sites (N-methyl/N-ethyl adjacent to an activating group) is 2. The number of hydrogen-bond donors (Lipinski definition) is 1. The molecule has 4 nitrogen and oxygen atoms in total. The van der Waals surface area contributed by atoms with E-state index in [1.807, 2.05) is 26.0 Å². The maximum absolute atomic E-state index is 12.2. The fraction of sp³-hybridized carbons (Fsp3) is 0.385. The third-order valence-corrected chi connectivity index (χ3v) is 3.19. The molecule has 0 fully saturated rings. The van der Waals surface area contributed by atoms with Crippen molar-refractivity contribution < 1.29 is 9.59 Å². The predicted molar refractivity (Wildman–Crippen MR) is 79.4 cm³/mol. The van der Waals surface area contributed by atoms with Gasteiger partial charge in [-0.2, -0.15) is 0 Å². The van der Waals surface area contributed by atoms with Crippen molar-refractivity contribution in [1.82, 2.24) is 10.2 Å². The molecular formula is C13H17IN2O2. The van der Waals surface area contributed by atoms with Crippen molar-refractivity contribution in [2.45, 2.75) is 13.8 Å². The Labute approximate surface area is 121 Å². The highest BCUT2D eigenvalue weighted by Gasteiger charge is 2.16. The van der Waals surface area contributed by atoms with Gasteiger partial charge >= 0.3 is 0 Å². The zero-order valence-electron chi connectivity index (χ0n) is 10.6. The minimum absolute atomic E-state index is 0.106. The molecular weight excluding hydrogens is 343 g/mol. The van der Waals surface area contributed by atoms with Crippen molar-refractivity contribution in [3.05, 3.63) is 33.4 Å². The topological polar surface area (TPSA) is 49.4 Å². The first-order valence-corrected chi connectivity index (χ1v) is 6.97. The van der Waals surface area contributed by atoms with E-state index in [4.69, 9.17) is 0 Å². The summed E-state index contributed by atoms with van der Waals surface area (Å²) in [5.74, 6) is -0.238. The van der Waals surface area contributed by atoms with E-state index in [9.17, 15) is 9.59 Å². The third-order valence-electron chi connectivity index (χ3n) is 2.47. The van der Waals surface area contributed by atoms with Crippen LogP contribution in [0.5, 0.6) is 0 Å². The minimum atomic E-state index is -0.127. The highest BCUT2D eigenvalue weighted by molar-refractivity contribution is 14.1. The van der Waals surface area contributed by atoms with Crippen LogP contribution in [0.3, 0.4) is 0 Å². The summed E-state index contributed by atoms with van der Waals surface area (Å²) in [4.78, 5) is 25.2. The second-order valence-electron chi connectivity index (χ2n) is 3.78. The van der Waals surface area contributed by atoms with Crippen LogP contribution < -0.4 is 5.32 Å². The molecule has 0 saturated heterocycles. The van der Waals surface area contributed by atoms with Gasteiger partial charge in [-0.15, -0.1) is 0 Å². The normalized spacial score (nSPS) is 9.94. The molecule has 0 bridgehead atoms. The molecule has 2 amide bonds. The highest BCUT2D eigenvalue weighted by Crippen LogP contribution is 2.09. The van der Waals surface area contributed by atoms with Crippen molar-refractivity contribution in [1.29, 1.82) is 0 Å². The lowest BCUT2D eigenvalue weighted by Gasteiger charge is -2.20. The average Bonchev–Trinajstić information content (AvgIpc) is 2.36. The van der Waals surface area contributed by atoms with Crippen molar-refractivity contribution >= 4 is 34.4 Å². The molecule has 0 radical (unpaired) electrons. The monoisotopic (exact) mass is 360 g/mol. The summed E-state index contributed by atoms with van der Waals surface area (Å²) in [6, 6.07) is 7.33. The lowest BCUT2D eigenvalue weighted by Crippen LogP contribution is -2.40. The first-order chi connectivity index (χ1) is 8.58. The second-order valence-corrected chi connectivity index (χ2v) is 5.03. The molecule has 0 spiro atoms. The number of halogens is 1. The van der Waals surface area contributed by atoms with E-state index < -0.39 is 0 Å². The quantitative estimate of drug-likeness (QED) is 0.816. The molecule has 0 atom stereocenters. The van der Waals surface area contributed by atoms with E-state index in [2.05, 4.69) is 27.9 Å². The van der Waals surface area contributed by atoms with E-state index in [1.54, 1.807) is 12.1 Å². The van der Waals surface area contributed by atoms with Crippen LogP contribution in [-0.2, 0) is 4.79 Å². The molecule has 0 aliphatic heterocycles. The maximum atomic E-state index is 12.2. The van der Waals surface area contributed by atoms with Gasteiger partial charge in [0.1, 0.15) is 0 Å². The van der Waals surface area contributed by atoms with Gasteiger partial charge in [0.05, 0.1) is 6.54 Å². The van der Waals surface area contributed by atoms with Gasteiger partial charge in [0.25, 0.3) is 5.91 Å². The number of carbonyl (C=O) groups is 2. The number of nitrogens with zero attached hydrogens (tertiary/aromatic N) is 1. The Balaban J connectivity index is 2.73. The first kappa shape index (κ1) is 14.9. The van der Waals surface area contributed by atoms with E-state index in [0.29, 0.717) is 18.7 Å². The van der Waals surface area contributed by atoms with E-state index in [-0.39, 0.29) is 18.4 Å². The summed E-state index contributed by atoms with van der Waals surface area (Å²) in [7, 11) is 0. The third kappa shape index (κ3) is 4.29. The lowest BCUT2D eigenvalue weighted by atomic mass is 10.2. The number of nitrogens with one attached hydrogen (secondary N) is 1. The molecule has 98 valence electrons. The number of rotatable bonds is 5. The molecule has 18 heavy (non-hydrogen) atoms. The van der Waals surface area contributed by atoms with Gasteiger partial charge in [-0.1, -0.05) is 0 Å². The zero-order chi connectivity index (χ0) is 13.5. The van der Waals surface area contributed by atoms with Crippen LogP contribution in [0.4, 0.5) is 0 Å². The van der Waals surface area contributed by atoms with Crippen molar-refractivity contribution in [2.75, 3.05) is 19.6 Å². The molecule has 1 N–H and O–H groups in total. The molecule has 5 heteroatoms. The summed E-state index contributed by atoms with van der Waals surface area (Å²) >= 11 is 2.19. The Morgan fingerprint density at radius 2 is 1.83 bits per heavy atom. The van der Waals surface area contributed by atoms with Crippen LogP contribution in [0.1, 0.15) is 24.2 Å². The van der Waals surface area contributed by atoms with Crippen LogP contribution in [0.2, 0.25) is 0 Å². The predicted octanol–water partition coefficient (Wildman–Crippen LogP) is 1.89. The van der Waals surface area contributed by atoms with Crippen molar-refractivity contribution in [3.63, 3.8) is 0 Å². The van der Waals surface area contributed by atoms with E-state index >= 15 is 0 Å². The Morgan fingerprint density at radius 3 is 2.33 bits per heavy atom. The van der Waals surface area contributed by atoms with Gasteiger partial charge in [-0.3, -0.25) is 9.59 Å². The molecule has 0 aliphatic carbocycles. The first-order valence-electron chi connectivity index (χ1n) is 5.90. The fourth-order valence-corrected chi connectivity index (χ4v) is 1.89. The molecule has 0 aromatic heterocycles. The standard InChI is InChI=1S/C13H17IN2O2/c1-3-15-12(17)9-16(4-2)13(18)10-5-7-11(14)8-6-10/h5-8H,3-4,9H2,1-2H3,(H,15,17). The summed E-state index contributed by atoms with van der Waals surface area (Å²) in [5.41, 5.74) is 0.613. The Kier molecular flexibility index (Phi) is 6.11. The van der Waals surface area contributed by atoms with Gasteiger partial charge in [0.2, 0.25) is 5.91 Å². The molecule has 1 rings (SSSR count). The van der Waals surface area contributed by atoms with Crippen molar-refractivity contribution in [3.8, 4) is 0 Å². The molecule has 0 unspecified atom stereocenters. The van der Waals surface area contributed by atoms with Crippen molar-refractivity contribution in [2.24, 2.45) is 0 Å². The zero-order valence-corrected chi connectivity index (χ0v) is 12.7. The van der Waals surface area contributed by atoms with Crippen LogP contribution in [0.25, 0.3) is 0 Å². The molecule has 0 heterocycles. The van der Waals surface area contributed by atoms with E-state index in [1.165, 1.54) is 4.90 Å². The number of carbonyl (C=O) groups excluding carboxylic acids is 2. The summed E-state index contributed by atoms with van der Waals surface area (Å²) < 4.78 is 1.08. The van der Waals surface area contributed by atoms with Gasteiger partial charge in [-0.05, 0) is 60.7 Å².